The molecule has 3 heteroatoms. The molecule has 0 amide bonds. The van der Waals surface area contributed by atoms with Gasteiger partial charge in [-0.25, -0.2) is 0 Å². The van der Waals surface area contributed by atoms with Crippen molar-refractivity contribution in [1.82, 2.24) is 0 Å². The number of rotatable bonds is 3. The molecular weight excluding hydrogens is 196 g/mol. The van der Waals surface area contributed by atoms with Crippen molar-refractivity contribution in [1.29, 1.82) is 0 Å². The third-order valence-corrected chi connectivity index (χ3v) is 3.69. The van der Waals surface area contributed by atoms with E-state index in [1.165, 1.54) is 4.90 Å². The molecule has 1 rings (SSSR count). The molecule has 0 aliphatic heterocycles. The zero-order valence-electron chi connectivity index (χ0n) is 6.21. The monoisotopic (exact) mass is 204 g/mol. The van der Waals surface area contributed by atoms with Gasteiger partial charge in [-0.2, -0.15) is 11.8 Å². The van der Waals surface area contributed by atoms with Crippen molar-refractivity contribution in [3.05, 3.63) is 29.3 Å². The van der Waals surface area contributed by atoms with E-state index in [0.29, 0.717) is 0 Å². The lowest BCUT2D eigenvalue weighted by Crippen LogP contribution is -1.73. The van der Waals surface area contributed by atoms with E-state index in [1.807, 2.05) is 36.0 Å². The fourth-order valence-electron chi connectivity index (χ4n) is 0.684. The van der Waals surface area contributed by atoms with Crippen LogP contribution in [0.5, 0.6) is 0 Å². The Labute approximate surface area is 80.7 Å². The second-order valence-electron chi connectivity index (χ2n) is 1.98. The molecule has 0 atom stereocenters. The lowest BCUT2D eigenvalue weighted by molar-refractivity contribution is 1.47. The van der Waals surface area contributed by atoms with Crippen LogP contribution in [0.3, 0.4) is 0 Å². The van der Waals surface area contributed by atoms with Crippen LogP contribution >= 0.6 is 35.1 Å². The van der Waals surface area contributed by atoms with Crippen LogP contribution in [0, 0.1) is 0 Å². The van der Waals surface area contributed by atoms with Gasteiger partial charge in [-0.1, -0.05) is 23.7 Å². The van der Waals surface area contributed by atoms with Gasteiger partial charge in [0.15, 0.2) is 0 Å². The van der Waals surface area contributed by atoms with Crippen LogP contribution < -0.4 is 0 Å². The van der Waals surface area contributed by atoms with Crippen LogP contribution in [-0.2, 0) is 0 Å². The number of benzene rings is 1. The summed E-state index contributed by atoms with van der Waals surface area (Å²) < 4.78 is 0. The van der Waals surface area contributed by atoms with Crippen LogP contribution in [0.25, 0.3) is 0 Å². The maximum Gasteiger partial charge on any atom is 0.0542 e. The van der Waals surface area contributed by atoms with E-state index < -0.39 is 0 Å². The summed E-state index contributed by atoms with van der Waals surface area (Å²) in [5, 5.41) is 1.91. The summed E-state index contributed by atoms with van der Waals surface area (Å²) in [6.07, 6.45) is 2.09. The van der Waals surface area contributed by atoms with Gasteiger partial charge in [0.05, 0.1) is 5.02 Å². The highest BCUT2D eigenvalue weighted by Crippen LogP contribution is 2.28. The number of hydrogen-bond donors (Lipinski definition) is 0. The minimum Gasteiger partial charge on any atom is -0.154 e. The minimum atomic E-state index is 0.853. The van der Waals surface area contributed by atoms with Crippen LogP contribution in [-0.4, -0.2) is 11.3 Å². The molecule has 0 saturated heterocycles. The summed E-state index contributed by atoms with van der Waals surface area (Å²) in [7, 11) is 0. The van der Waals surface area contributed by atoms with Crippen molar-refractivity contribution >= 4 is 35.1 Å². The molecule has 0 unspecified atom stereocenters. The highest BCUT2D eigenvalue weighted by atomic mass is 35.5. The maximum atomic E-state index is 5.93. The van der Waals surface area contributed by atoms with E-state index in [0.717, 1.165) is 10.1 Å². The Balaban J connectivity index is 2.62. The SMILES string of the molecule is CSCSc1ccccc1Cl. The van der Waals surface area contributed by atoms with Gasteiger partial charge in [-0.05, 0) is 18.4 Å². The molecule has 1 aromatic carbocycles. The molecule has 0 fully saturated rings. The quantitative estimate of drug-likeness (QED) is 0.543. The van der Waals surface area contributed by atoms with E-state index in [-0.39, 0.29) is 0 Å². The molecule has 0 N–H and O–H groups in total. The molecule has 0 bridgehead atoms. The summed E-state index contributed by atoms with van der Waals surface area (Å²) >= 11 is 9.52. The third-order valence-electron chi connectivity index (χ3n) is 1.17. The summed E-state index contributed by atoms with van der Waals surface area (Å²) in [6, 6.07) is 7.92. The van der Waals surface area contributed by atoms with Gasteiger partial charge in [0.2, 0.25) is 0 Å². The standard InChI is InChI=1S/C8H9ClS2/c1-10-6-11-8-5-3-2-4-7(8)9/h2-5H,6H2,1H3. The lowest BCUT2D eigenvalue weighted by atomic mass is 10.4. The Morgan fingerprint density at radius 1 is 1.36 bits per heavy atom. The second kappa shape index (κ2) is 4.96. The third kappa shape index (κ3) is 2.97. The van der Waals surface area contributed by atoms with Crippen LogP contribution in [0.4, 0.5) is 0 Å². The van der Waals surface area contributed by atoms with Crippen molar-refractivity contribution < 1.29 is 0 Å². The Morgan fingerprint density at radius 3 is 2.73 bits per heavy atom. The van der Waals surface area contributed by atoms with Gasteiger partial charge in [0, 0.05) is 9.98 Å². The molecule has 0 spiro atoms. The zero-order chi connectivity index (χ0) is 8.10. The van der Waals surface area contributed by atoms with E-state index >= 15 is 0 Å². The van der Waals surface area contributed by atoms with Gasteiger partial charge >= 0.3 is 0 Å². The molecule has 0 radical (unpaired) electrons. The fraction of sp³-hybridized carbons (Fsp3) is 0.250. The average Bonchev–Trinajstić information content (AvgIpc) is 2.03. The van der Waals surface area contributed by atoms with Crippen LogP contribution in [0.15, 0.2) is 29.2 Å². The largest absolute Gasteiger partial charge is 0.154 e. The van der Waals surface area contributed by atoms with E-state index in [2.05, 4.69) is 6.26 Å². The smallest absolute Gasteiger partial charge is 0.0542 e. The highest BCUT2D eigenvalue weighted by Gasteiger charge is 1.96. The second-order valence-corrected chi connectivity index (χ2v) is 4.64. The Hall–Kier alpha value is 0.210. The molecule has 1 aromatic rings. The predicted molar refractivity (Wildman–Crippen MR) is 55.7 cm³/mol. The van der Waals surface area contributed by atoms with Gasteiger partial charge < -0.3 is 0 Å². The fourth-order valence-corrected chi connectivity index (χ4v) is 2.34. The molecule has 0 aliphatic rings. The first-order chi connectivity index (χ1) is 5.34. The number of hydrogen-bond acceptors (Lipinski definition) is 2. The summed E-state index contributed by atoms with van der Waals surface area (Å²) in [5.41, 5.74) is 0. The topological polar surface area (TPSA) is 0 Å². The zero-order valence-corrected chi connectivity index (χ0v) is 8.60. The predicted octanol–water partition coefficient (Wildman–Crippen LogP) is 3.75. The minimum absolute atomic E-state index is 0.853. The normalized spacial score (nSPS) is 10.0. The van der Waals surface area contributed by atoms with E-state index in [4.69, 9.17) is 11.6 Å². The molecule has 60 valence electrons. The first-order valence-electron chi connectivity index (χ1n) is 3.21. The molecular formula is C8H9ClS2. The molecule has 0 aliphatic carbocycles. The van der Waals surface area contributed by atoms with Crippen LogP contribution in [0.1, 0.15) is 0 Å². The molecule has 0 aromatic heterocycles. The summed E-state index contributed by atoms with van der Waals surface area (Å²) in [4.78, 5) is 1.17. The van der Waals surface area contributed by atoms with E-state index in [9.17, 15) is 0 Å². The van der Waals surface area contributed by atoms with Crippen molar-refractivity contribution in [2.75, 3.05) is 11.3 Å². The van der Waals surface area contributed by atoms with Gasteiger partial charge in [-0.3, -0.25) is 0 Å². The maximum absolute atomic E-state index is 5.93. The molecule has 0 saturated carbocycles. The first kappa shape index (κ1) is 9.30. The van der Waals surface area contributed by atoms with Gasteiger partial charge in [-0.15, -0.1) is 11.8 Å². The van der Waals surface area contributed by atoms with E-state index in [1.54, 1.807) is 11.8 Å². The molecule has 11 heavy (non-hydrogen) atoms. The van der Waals surface area contributed by atoms with Crippen molar-refractivity contribution in [2.45, 2.75) is 4.90 Å². The van der Waals surface area contributed by atoms with Crippen LogP contribution in [0.2, 0.25) is 5.02 Å². The Kier molecular flexibility index (Phi) is 4.20. The van der Waals surface area contributed by atoms with Gasteiger partial charge in [0.25, 0.3) is 0 Å². The number of halogens is 1. The highest BCUT2D eigenvalue weighted by molar-refractivity contribution is 8.15. The average molecular weight is 205 g/mol. The van der Waals surface area contributed by atoms with Gasteiger partial charge in [0.1, 0.15) is 0 Å². The van der Waals surface area contributed by atoms with Crippen molar-refractivity contribution in [3.8, 4) is 0 Å². The van der Waals surface area contributed by atoms with Crippen molar-refractivity contribution in [3.63, 3.8) is 0 Å². The Morgan fingerprint density at radius 2 is 2.09 bits per heavy atom. The summed E-state index contributed by atoms with van der Waals surface area (Å²) in [6.45, 7) is 0. The first-order valence-corrected chi connectivity index (χ1v) is 5.96. The molecule has 0 heterocycles. The Bertz CT molecular complexity index is 225. The van der Waals surface area contributed by atoms with Crippen molar-refractivity contribution in [2.24, 2.45) is 0 Å². The molecule has 0 nitrogen and oxygen atoms in total. The lowest BCUT2D eigenvalue weighted by Gasteiger charge is -2.00. The number of thioether (sulfide) groups is 2. The summed E-state index contributed by atoms with van der Waals surface area (Å²) in [5.74, 6) is 0.